The number of piperidine rings is 1. The summed E-state index contributed by atoms with van der Waals surface area (Å²) in [5.74, 6) is 0.857. The lowest BCUT2D eigenvalue weighted by Crippen LogP contribution is -2.47. The Bertz CT molecular complexity index is 380. The molecule has 0 saturated carbocycles. The number of likely N-dealkylation sites (tertiary alicyclic amines) is 1. The van der Waals surface area contributed by atoms with Crippen molar-refractivity contribution in [3.05, 3.63) is 29.8 Å². The van der Waals surface area contributed by atoms with Crippen molar-refractivity contribution >= 4 is 0 Å². The van der Waals surface area contributed by atoms with Gasteiger partial charge < -0.3 is 14.7 Å². The first kappa shape index (κ1) is 12.4. The van der Waals surface area contributed by atoms with Crippen LogP contribution in [0, 0.1) is 0 Å². The zero-order valence-electron chi connectivity index (χ0n) is 10.6. The van der Waals surface area contributed by atoms with Gasteiger partial charge in [0.25, 0.3) is 0 Å². The van der Waals surface area contributed by atoms with E-state index in [4.69, 9.17) is 4.74 Å². The summed E-state index contributed by atoms with van der Waals surface area (Å²) >= 11 is 0. The largest absolute Gasteiger partial charge is 0.497 e. The molecule has 0 aliphatic carbocycles. The first-order chi connectivity index (χ1) is 8.11. The molecule has 1 saturated heterocycles. The van der Waals surface area contributed by atoms with Gasteiger partial charge >= 0.3 is 0 Å². The molecule has 3 nitrogen and oxygen atoms in total. The highest BCUT2D eigenvalue weighted by Crippen LogP contribution is 2.25. The van der Waals surface area contributed by atoms with Gasteiger partial charge in [0.05, 0.1) is 12.7 Å². The number of aliphatic hydroxyl groups is 1. The highest BCUT2D eigenvalue weighted by Gasteiger charge is 2.31. The minimum Gasteiger partial charge on any atom is -0.497 e. The van der Waals surface area contributed by atoms with Crippen LogP contribution in [0.5, 0.6) is 5.75 Å². The normalized spacial score (nSPS) is 25.8. The summed E-state index contributed by atoms with van der Waals surface area (Å²) in [6.07, 6.45) is 2.65. The van der Waals surface area contributed by atoms with E-state index in [1.54, 1.807) is 7.11 Å². The monoisotopic (exact) mass is 235 g/mol. The van der Waals surface area contributed by atoms with Gasteiger partial charge in [-0.3, -0.25) is 0 Å². The van der Waals surface area contributed by atoms with E-state index < -0.39 is 5.60 Å². The smallest absolute Gasteiger partial charge is 0.119 e. The summed E-state index contributed by atoms with van der Waals surface area (Å²) in [5.41, 5.74) is 0.557. The van der Waals surface area contributed by atoms with Gasteiger partial charge in [0, 0.05) is 13.0 Å². The number of rotatable bonds is 3. The van der Waals surface area contributed by atoms with Crippen LogP contribution in [-0.2, 0) is 6.42 Å². The van der Waals surface area contributed by atoms with Crippen molar-refractivity contribution in [2.24, 2.45) is 0 Å². The Morgan fingerprint density at radius 3 is 3.00 bits per heavy atom. The second kappa shape index (κ2) is 5.07. The molecule has 2 rings (SSSR count). The van der Waals surface area contributed by atoms with Crippen molar-refractivity contribution in [1.82, 2.24) is 4.90 Å². The molecule has 1 heterocycles. The molecule has 1 aliphatic rings. The van der Waals surface area contributed by atoms with Crippen LogP contribution in [0.1, 0.15) is 18.4 Å². The molecule has 0 radical (unpaired) electrons. The Balaban J connectivity index is 2.08. The Morgan fingerprint density at radius 2 is 2.29 bits per heavy atom. The summed E-state index contributed by atoms with van der Waals surface area (Å²) < 4.78 is 5.21. The predicted octanol–water partition coefficient (Wildman–Crippen LogP) is 1.69. The fourth-order valence-electron chi connectivity index (χ4n) is 2.65. The van der Waals surface area contributed by atoms with Gasteiger partial charge in [-0.05, 0) is 44.1 Å². The minimum atomic E-state index is -0.584. The summed E-state index contributed by atoms with van der Waals surface area (Å²) in [6.45, 7) is 1.84. The van der Waals surface area contributed by atoms with E-state index in [1.165, 1.54) is 0 Å². The summed E-state index contributed by atoms with van der Waals surface area (Å²) in [5, 5.41) is 10.6. The summed E-state index contributed by atoms with van der Waals surface area (Å²) in [6, 6.07) is 7.96. The Kier molecular flexibility index (Phi) is 3.69. The number of ether oxygens (including phenoxy) is 1. The molecule has 1 aromatic carbocycles. The lowest BCUT2D eigenvalue weighted by molar-refractivity contribution is -0.0224. The van der Waals surface area contributed by atoms with Crippen molar-refractivity contribution < 1.29 is 9.84 Å². The molecule has 0 amide bonds. The molecule has 1 N–H and O–H groups in total. The summed E-state index contributed by atoms with van der Waals surface area (Å²) in [7, 11) is 3.73. The van der Waals surface area contributed by atoms with Gasteiger partial charge in [-0.15, -0.1) is 0 Å². The first-order valence-corrected chi connectivity index (χ1v) is 6.15. The van der Waals surface area contributed by atoms with E-state index in [1.807, 2.05) is 18.2 Å². The number of methoxy groups -OCH3 is 1. The standard InChI is InChI=1S/C14H21NO2/c1-15-8-4-7-14(16,11-15)10-12-5-3-6-13(9-12)17-2/h3,5-6,9,16H,4,7-8,10-11H2,1-2H3. The first-order valence-electron chi connectivity index (χ1n) is 6.15. The highest BCUT2D eigenvalue weighted by molar-refractivity contribution is 5.29. The highest BCUT2D eigenvalue weighted by atomic mass is 16.5. The molecule has 1 fully saturated rings. The van der Waals surface area contributed by atoms with Crippen LogP contribution in [0.25, 0.3) is 0 Å². The van der Waals surface area contributed by atoms with Crippen molar-refractivity contribution in [2.45, 2.75) is 24.9 Å². The molecule has 0 aromatic heterocycles. The van der Waals surface area contributed by atoms with Gasteiger partial charge in [0.1, 0.15) is 5.75 Å². The maximum absolute atomic E-state index is 10.6. The third-order valence-electron chi connectivity index (χ3n) is 3.41. The second-order valence-corrected chi connectivity index (χ2v) is 5.09. The third kappa shape index (κ3) is 3.20. The van der Waals surface area contributed by atoms with Crippen molar-refractivity contribution in [3.63, 3.8) is 0 Å². The fourth-order valence-corrected chi connectivity index (χ4v) is 2.65. The molecular weight excluding hydrogens is 214 g/mol. The van der Waals surface area contributed by atoms with Crippen molar-refractivity contribution in [2.75, 3.05) is 27.2 Å². The second-order valence-electron chi connectivity index (χ2n) is 5.09. The third-order valence-corrected chi connectivity index (χ3v) is 3.41. The number of likely N-dealkylation sites (N-methyl/N-ethyl adjacent to an activating group) is 1. The topological polar surface area (TPSA) is 32.7 Å². The van der Waals surface area contributed by atoms with Gasteiger partial charge in [0.15, 0.2) is 0 Å². The van der Waals surface area contributed by atoms with Crippen LogP contribution in [0.4, 0.5) is 0 Å². The molecule has 1 aliphatic heterocycles. The molecule has 1 atom stereocenters. The van der Waals surface area contributed by atoms with Crippen molar-refractivity contribution in [3.8, 4) is 5.75 Å². The maximum atomic E-state index is 10.6. The van der Waals surface area contributed by atoms with Crippen LogP contribution in [0.3, 0.4) is 0 Å². The lowest BCUT2D eigenvalue weighted by Gasteiger charge is -2.37. The molecule has 3 heteroatoms. The molecule has 0 spiro atoms. The summed E-state index contributed by atoms with van der Waals surface area (Å²) in [4.78, 5) is 2.20. The fraction of sp³-hybridized carbons (Fsp3) is 0.571. The SMILES string of the molecule is COc1cccc(CC2(O)CCCN(C)C2)c1. The molecule has 94 valence electrons. The predicted molar refractivity (Wildman–Crippen MR) is 68.4 cm³/mol. The minimum absolute atomic E-state index is 0.584. The quantitative estimate of drug-likeness (QED) is 0.865. The van der Waals surface area contributed by atoms with Gasteiger partial charge in [-0.2, -0.15) is 0 Å². The van der Waals surface area contributed by atoms with Crippen LogP contribution < -0.4 is 4.74 Å². The van der Waals surface area contributed by atoms with E-state index in [2.05, 4.69) is 18.0 Å². The molecular formula is C14H21NO2. The number of β-amino-alcohol motifs (C(OH)–C–C–N with tert-alkyl or cyclic N) is 1. The zero-order valence-corrected chi connectivity index (χ0v) is 10.6. The van der Waals surface area contributed by atoms with Crippen LogP contribution in [-0.4, -0.2) is 42.9 Å². The average molecular weight is 235 g/mol. The van der Waals surface area contributed by atoms with Crippen LogP contribution >= 0.6 is 0 Å². The van der Waals surface area contributed by atoms with E-state index in [9.17, 15) is 5.11 Å². The van der Waals surface area contributed by atoms with Crippen LogP contribution in [0.15, 0.2) is 24.3 Å². The van der Waals surface area contributed by atoms with Crippen LogP contribution in [0.2, 0.25) is 0 Å². The van der Waals surface area contributed by atoms with Gasteiger partial charge in [-0.1, -0.05) is 12.1 Å². The molecule has 17 heavy (non-hydrogen) atoms. The lowest BCUT2D eigenvalue weighted by atomic mass is 9.87. The Morgan fingerprint density at radius 1 is 1.47 bits per heavy atom. The van der Waals surface area contributed by atoms with Crippen molar-refractivity contribution in [1.29, 1.82) is 0 Å². The Hall–Kier alpha value is -1.06. The average Bonchev–Trinajstić information content (AvgIpc) is 2.28. The van der Waals surface area contributed by atoms with Gasteiger partial charge in [0.2, 0.25) is 0 Å². The van der Waals surface area contributed by atoms with Gasteiger partial charge in [-0.25, -0.2) is 0 Å². The Labute approximate surface area is 103 Å². The number of hydrogen-bond acceptors (Lipinski definition) is 3. The molecule has 1 aromatic rings. The number of benzene rings is 1. The van der Waals surface area contributed by atoms with E-state index in [-0.39, 0.29) is 0 Å². The molecule has 0 bridgehead atoms. The molecule has 1 unspecified atom stereocenters. The maximum Gasteiger partial charge on any atom is 0.119 e. The van der Waals surface area contributed by atoms with E-state index >= 15 is 0 Å². The zero-order chi connectivity index (χ0) is 12.3. The number of hydrogen-bond donors (Lipinski definition) is 1. The van der Waals surface area contributed by atoms with E-state index in [0.29, 0.717) is 6.42 Å². The number of nitrogens with zero attached hydrogens (tertiary/aromatic N) is 1. The van der Waals surface area contributed by atoms with E-state index in [0.717, 1.165) is 37.2 Å².